The van der Waals surface area contributed by atoms with Crippen molar-refractivity contribution in [3.8, 4) is 5.75 Å². The van der Waals surface area contributed by atoms with Gasteiger partial charge in [0.1, 0.15) is 11.8 Å². The number of anilines is 1. The predicted molar refractivity (Wildman–Crippen MR) is 117 cm³/mol. The molecule has 0 aromatic heterocycles. The van der Waals surface area contributed by atoms with Gasteiger partial charge in [-0.2, -0.15) is 0 Å². The predicted octanol–water partition coefficient (Wildman–Crippen LogP) is 4.42. The Hall–Kier alpha value is -1.96. The molecule has 1 N–H and O–H groups in total. The Morgan fingerprint density at radius 2 is 1.76 bits per heavy atom. The summed E-state index contributed by atoms with van der Waals surface area (Å²) in [5.74, 6) is 0.273. The van der Waals surface area contributed by atoms with Crippen molar-refractivity contribution in [3.05, 3.63) is 58.1 Å². The summed E-state index contributed by atoms with van der Waals surface area (Å²) in [6.45, 7) is 5.78. The van der Waals surface area contributed by atoms with Crippen LogP contribution in [0.2, 0.25) is 10.0 Å². The monoisotopic (exact) mass is 458 g/mol. The van der Waals surface area contributed by atoms with E-state index in [0.717, 1.165) is 21.9 Å². The van der Waals surface area contributed by atoms with Gasteiger partial charge in [-0.05, 0) is 56.7 Å². The molecule has 0 saturated heterocycles. The highest BCUT2D eigenvalue weighted by atomic mass is 35.5. The second-order valence-corrected chi connectivity index (χ2v) is 9.27. The smallest absolute Gasteiger partial charge is 0.244 e. The highest BCUT2D eigenvalue weighted by Gasteiger charge is 2.31. The van der Waals surface area contributed by atoms with E-state index in [4.69, 9.17) is 27.9 Å². The second kappa shape index (κ2) is 9.69. The van der Waals surface area contributed by atoms with E-state index < -0.39 is 22.0 Å². The summed E-state index contributed by atoms with van der Waals surface area (Å²) in [6, 6.07) is 10.4. The van der Waals surface area contributed by atoms with Gasteiger partial charge in [0.2, 0.25) is 15.9 Å². The number of carbonyl (C=O) groups excluding carboxylic acids is 1. The van der Waals surface area contributed by atoms with Crippen molar-refractivity contribution in [1.82, 2.24) is 5.32 Å². The van der Waals surface area contributed by atoms with Crippen LogP contribution in [0.1, 0.15) is 32.4 Å². The maximum absolute atomic E-state index is 12.8. The van der Waals surface area contributed by atoms with Crippen molar-refractivity contribution in [2.24, 2.45) is 0 Å². The maximum atomic E-state index is 12.8. The van der Waals surface area contributed by atoms with Crippen molar-refractivity contribution >= 4 is 44.8 Å². The van der Waals surface area contributed by atoms with E-state index >= 15 is 0 Å². The van der Waals surface area contributed by atoms with E-state index in [1.165, 1.54) is 19.1 Å². The summed E-state index contributed by atoms with van der Waals surface area (Å²) in [6.07, 6.45) is 1.02. The Morgan fingerprint density at radius 3 is 2.31 bits per heavy atom. The average Bonchev–Trinajstić information content (AvgIpc) is 2.64. The van der Waals surface area contributed by atoms with Gasteiger partial charge in [0.05, 0.1) is 29.6 Å². The zero-order valence-electron chi connectivity index (χ0n) is 16.6. The van der Waals surface area contributed by atoms with Crippen LogP contribution in [-0.2, 0) is 14.8 Å². The molecule has 0 fully saturated rings. The molecule has 2 rings (SSSR count). The lowest BCUT2D eigenvalue weighted by molar-refractivity contribution is -0.122. The van der Waals surface area contributed by atoms with Gasteiger partial charge in [0.15, 0.2) is 0 Å². The van der Waals surface area contributed by atoms with Crippen LogP contribution in [0.25, 0.3) is 0 Å². The highest BCUT2D eigenvalue weighted by Crippen LogP contribution is 2.32. The van der Waals surface area contributed by atoms with Gasteiger partial charge in [-0.25, -0.2) is 8.42 Å². The minimum atomic E-state index is -3.80. The molecular weight excluding hydrogens is 435 g/mol. The lowest BCUT2D eigenvalue weighted by Crippen LogP contribution is -2.48. The minimum Gasteiger partial charge on any atom is -0.494 e. The first-order valence-electron chi connectivity index (χ1n) is 9.02. The number of carbonyl (C=O) groups is 1. The first-order chi connectivity index (χ1) is 13.5. The van der Waals surface area contributed by atoms with E-state index in [1.54, 1.807) is 6.07 Å². The molecule has 0 aliphatic carbocycles. The standard InChI is InChI=1S/C20H24Cl2N2O4S/c1-5-28-17-9-6-15(7-10-17)13(2)23-20(25)14(3)24(29(4,26)27)19-12-16(21)8-11-18(19)22/h6-14H,5H2,1-4H3,(H,23,25)/t13-,14+/m1/s1. The van der Waals surface area contributed by atoms with Crippen molar-refractivity contribution < 1.29 is 17.9 Å². The molecular formula is C20H24Cl2N2O4S. The van der Waals surface area contributed by atoms with Gasteiger partial charge >= 0.3 is 0 Å². The summed E-state index contributed by atoms with van der Waals surface area (Å²) in [4.78, 5) is 12.8. The molecule has 1 amide bonds. The first-order valence-corrected chi connectivity index (χ1v) is 11.6. The third kappa shape index (κ3) is 6.01. The van der Waals surface area contributed by atoms with Crippen LogP contribution in [0, 0.1) is 0 Å². The molecule has 0 radical (unpaired) electrons. The van der Waals surface area contributed by atoms with E-state index in [-0.39, 0.29) is 16.8 Å². The van der Waals surface area contributed by atoms with Gasteiger partial charge in [-0.15, -0.1) is 0 Å². The van der Waals surface area contributed by atoms with Crippen LogP contribution >= 0.6 is 23.2 Å². The quantitative estimate of drug-likeness (QED) is 0.634. The number of ether oxygens (including phenoxy) is 1. The molecule has 158 valence electrons. The Bertz CT molecular complexity index is 965. The molecule has 2 aromatic rings. The summed E-state index contributed by atoms with van der Waals surface area (Å²) >= 11 is 12.2. The molecule has 29 heavy (non-hydrogen) atoms. The Balaban J connectivity index is 2.24. The van der Waals surface area contributed by atoms with Gasteiger partial charge in [-0.1, -0.05) is 35.3 Å². The summed E-state index contributed by atoms with van der Waals surface area (Å²) in [5.41, 5.74) is 1.01. The van der Waals surface area contributed by atoms with E-state index in [2.05, 4.69) is 5.32 Å². The Labute approximate surface area is 181 Å². The van der Waals surface area contributed by atoms with E-state index in [0.29, 0.717) is 11.6 Å². The van der Waals surface area contributed by atoms with Gasteiger partial charge in [-0.3, -0.25) is 9.10 Å². The fourth-order valence-corrected chi connectivity index (χ4v) is 4.48. The van der Waals surface area contributed by atoms with Crippen molar-refractivity contribution in [2.75, 3.05) is 17.2 Å². The topological polar surface area (TPSA) is 75.7 Å². The third-order valence-corrected chi connectivity index (χ3v) is 6.07. The van der Waals surface area contributed by atoms with Crippen molar-refractivity contribution in [1.29, 1.82) is 0 Å². The summed E-state index contributed by atoms with van der Waals surface area (Å²) < 4.78 is 31.2. The van der Waals surface area contributed by atoms with Crippen molar-refractivity contribution in [3.63, 3.8) is 0 Å². The molecule has 2 aromatic carbocycles. The van der Waals surface area contributed by atoms with Crippen LogP contribution in [-0.4, -0.2) is 33.2 Å². The first kappa shape index (κ1) is 23.3. The van der Waals surface area contributed by atoms with Crippen molar-refractivity contribution in [2.45, 2.75) is 32.9 Å². The molecule has 0 bridgehead atoms. The number of hydrogen-bond acceptors (Lipinski definition) is 4. The number of sulfonamides is 1. The van der Waals surface area contributed by atoms with E-state index in [9.17, 15) is 13.2 Å². The number of hydrogen-bond donors (Lipinski definition) is 1. The molecule has 0 aliphatic rings. The van der Waals surface area contributed by atoms with Crippen LogP contribution in [0.4, 0.5) is 5.69 Å². The summed E-state index contributed by atoms with van der Waals surface area (Å²) in [7, 11) is -3.80. The number of rotatable bonds is 8. The Morgan fingerprint density at radius 1 is 1.14 bits per heavy atom. The SMILES string of the molecule is CCOc1ccc([C@@H](C)NC(=O)[C@H](C)N(c2cc(Cl)ccc2Cl)S(C)(=O)=O)cc1. The lowest BCUT2D eigenvalue weighted by atomic mass is 10.1. The normalized spacial score (nSPS) is 13.4. The number of nitrogens with one attached hydrogen (secondary N) is 1. The molecule has 0 spiro atoms. The molecule has 0 saturated carbocycles. The molecule has 2 atom stereocenters. The number of halogens is 2. The van der Waals surface area contributed by atoms with Crippen LogP contribution in [0.15, 0.2) is 42.5 Å². The van der Waals surface area contributed by atoms with Crippen LogP contribution in [0.3, 0.4) is 0 Å². The fraction of sp³-hybridized carbons (Fsp3) is 0.350. The number of benzene rings is 2. The maximum Gasteiger partial charge on any atom is 0.244 e. The molecule has 0 heterocycles. The fourth-order valence-electron chi connectivity index (χ4n) is 2.87. The number of amides is 1. The summed E-state index contributed by atoms with van der Waals surface area (Å²) in [5, 5.41) is 3.33. The molecule has 9 heteroatoms. The second-order valence-electron chi connectivity index (χ2n) is 6.56. The van der Waals surface area contributed by atoms with Gasteiger partial charge in [0, 0.05) is 5.02 Å². The lowest BCUT2D eigenvalue weighted by Gasteiger charge is -2.30. The van der Waals surface area contributed by atoms with Crippen LogP contribution < -0.4 is 14.4 Å². The molecule has 6 nitrogen and oxygen atoms in total. The van der Waals surface area contributed by atoms with Gasteiger partial charge in [0.25, 0.3) is 0 Å². The third-order valence-electron chi connectivity index (χ3n) is 4.28. The Kier molecular flexibility index (Phi) is 7.80. The minimum absolute atomic E-state index is 0.151. The average molecular weight is 459 g/mol. The molecule has 0 unspecified atom stereocenters. The zero-order valence-corrected chi connectivity index (χ0v) is 19.0. The largest absolute Gasteiger partial charge is 0.494 e. The van der Waals surface area contributed by atoms with Crippen LogP contribution in [0.5, 0.6) is 5.75 Å². The van der Waals surface area contributed by atoms with Gasteiger partial charge < -0.3 is 10.1 Å². The zero-order chi connectivity index (χ0) is 21.8. The number of nitrogens with zero attached hydrogens (tertiary/aromatic N) is 1. The highest BCUT2D eigenvalue weighted by molar-refractivity contribution is 7.92. The molecule has 0 aliphatic heterocycles. The van der Waals surface area contributed by atoms with E-state index in [1.807, 2.05) is 38.1 Å².